The van der Waals surface area contributed by atoms with Crippen LogP contribution in [0.1, 0.15) is 29.1 Å². The van der Waals surface area contributed by atoms with Gasteiger partial charge in [0.15, 0.2) is 0 Å². The number of pyridine rings is 1. The summed E-state index contributed by atoms with van der Waals surface area (Å²) in [6.45, 7) is 4.43. The van der Waals surface area contributed by atoms with Gasteiger partial charge in [0.1, 0.15) is 11.4 Å². The van der Waals surface area contributed by atoms with Crippen molar-refractivity contribution in [1.29, 1.82) is 0 Å². The maximum absolute atomic E-state index is 12.4. The second-order valence-electron chi connectivity index (χ2n) is 7.24. The van der Waals surface area contributed by atoms with Gasteiger partial charge >= 0.3 is 0 Å². The van der Waals surface area contributed by atoms with Crippen molar-refractivity contribution in [1.82, 2.24) is 24.5 Å². The van der Waals surface area contributed by atoms with Gasteiger partial charge in [-0.1, -0.05) is 12.1 Å². The minimum atomic E-state index is -0.0000125. The van der Waals surface area contributed by atoms with E-state index >= 15 is 0 Å². The Morgan fingerprint density at radius 2 is 2.03 bits per heavy atom. The van der Waals surface area contributed by atoms with Gasteiger partial charge in [0.05, 0.1) is 30.7 Å². The Kier molecular flexibility index (Phi) is 5.52. The summed E-state index contributed by atoms with van der Waals surface area (Å²) in [5, 5.41) is 7.63. The van der Waals surface area contributed by atoms with Crippen molar-refractivity contribution in [3.8, 4) is 11.4 Å². The number of amides is 1. The number of carbonyl (C=O) groups excluding carboxylic acids is 1. The van der Waals surface area contributed by atoms with Crippen molar-refractivity contribution in [2.75, 3.05) is 7.11 Å². The van der Waals surface area contributed by atoms with Gasteiger partial charge in [0, 0.05) is 30.6 Å². The van der Waals surface area contributed by atoms with Crippen LogP contribution in [0.15, 0.2) is 54.9 Å². The fourth-order valence-electron chi connectivity index (χ4n) is 3.62. The molecule has 0 spiro atoms. The van der Waals surface area contributed by atoms with Gasteiger partial charge in [0.2, 0.25) is 5.91 Å². The number of methoxy groups -OCH3 is 1. The van der Waals surface area contributed by atoms with Crippen molar-refractivity contribution in [2.45, 2.75) is 33.2 Å². The number of rotatable bonds is 7. The first-order chi connectivity index (χ1) is 14.5. The van der Waals surface area contributed by atoms with Crippen molar-refractivity contribution in [3.63, 3.8) is 0 Å². The molecule has 7 heteroatoms. The number of hydrogen-bond donors (Lipinski definition) is 1. The molecule has 0 aliphatic carbocycles. The number of imidazole rings is 1. The Balaban J connectivity index is 1.39. The van der Waals surface area contributed by atoms with Crippen LogP contribution in [0.25, 0.3) is 11.3 Å². The van der Waals surface area contributed by atoms with Crippen molar-refractivity contribution in [3.05, 3.63) is 77.5 Å². The van der Waals surface area contributed by atoms with E-state index in [-0.39, 0.29) is 5.91 Å². The summed E-state index contributed by atoms with van der Waals surface area (Å²) in [6, 6.07) is 13.6. The van der Waals surface area contributed by atoms with Crippen LogP contribution in [0, 0.1) is 13.8 Å². The third kappa shape index (κ3) is 4.05. The number of aryl methyl sites for hydroxylation is 1. The summed E-state index contributed by atoms with van der Waals surface area (Å²) in [7, 11) is 1.65. The predicted octanol–water partition coefficient (Wildman–Crippen LogP) is 3.39. The number of benzene rings is 1. The second-order valence-corrected chi connectivity index (χ2v) is 7.24. The summed E-state index contributed by atoms with van der Waals surface area (Å²) < 4.78 is 9.16. The molecule has 1 amide bonds. The summed E-state index contributed by atoms with van der Waals surface area (Å²) >= 11 is 0. The van der Waals surface area contributed by atoms with Gasteiger partial charge in [-0.05, 0) is 50.1 Å². The first-order valence-electron chi connectivity index (χ1n) is 9.94. The number of nitrogens with one attached hydrogen (secondary N) is 1. The number of hydrogen-bond acceptors (Lipinski definition) is 4. The molecule has 1 aromatic carbocycles. The van der Waals surface area contributed by atoms with E-state index in [2.05, 4.69) is 15.4 Å². The van der Waals surface area contributed by atoms with Gasteiger partial charge in [0.25, 0.3) is 0 Å². The molecule has 3 heterocycles. The van der Waals surface area contributed by atoms with Crippen LogP contribution >= 0.6 is 0 Å². The third-order valence-electron chi connectivity index (χ3n) is 5.22. The maximum atomic E-state index is 12.4. The third-order valence-corrected chi connectivity index (χ3v) is 5.22. The number of nitrogens with zero attached hydrogens (tertiary/aromatic N) is 4. The Morgan fingerprint density at radius 3 is 2.83 bits per heavy atom. The number of aromatic nitrogens is 4. The van der Waals surface area contributed by atoms with E-state index in [1.54, 1.807) is 7.11 Å². The minimum absolute atomic E-state index is 0.0000125. The zero-order chi connectivity index (χ0) is 21.1. The number of fused-ring (bicyclic) bond motifs is 1. The van der Waals surface area contributed by atoms with Crippen molar-refractivity contribution in [2.24, 2.45) is 0 Å². The molecule has 0 atom stereocenters. The lowest BCUT2D eigenvalue weighted by atomic mass is 10.1. The van der Waals surface area contributed by atoms with Crippen LogP contribution in [-0.4, -0.2) is 32.2 Å². The van der Waals surface area contributed by atoms with Crippen LogP contribution < -0.4 is 10.1 Å². The highest BCUT2D eigenvalue weighted by Gasteiger charge is 2.15. The van der Waals surface area contributed by atoms with E-state index in [9.17, 15) is 4.79 Å². The molecule has 0 saturated heterocycles. The molecule has 7 nitrogen and oxygen atoms in total. The number of carbonyl (C=O) groups is 1. The molecule has 0 fully saturated rings. The molecule has 154 valence electrons. The molecule has 4 rings (SSSR count). The van der Waals surface area contributed by atoms with Crippen LogP contribution in [0.5, 0.6) is 5.75 Å². The van der Waals surface area contributed by atoms with E-state index in [0.29, 0.717) is 19.4 Å². The molecule has 0 unspecified atom stereocenters. The quantitative estimate of drug-likeness (QED) is 0.513. The normalized spacial score (nSPS) is 11.0. The summed E-state index contributed by atoms with van der Waals surface area (Å²) in [6.07, 6.45) is 4.92. The van der Waals surface area contributed by atoms with Crippen molar-refractivity contribution >= 4 is 11.6 Å². The lowest BCUT2D eigenvalue weighted by molar-refractivity contribution is -0.121. The number of ether oxygens (including phenoxy) is 1. The molecule has 0 bridgehead atoms. The molecule has 3 aromatic heterocycles. The van der Waals surface area contributed by atoms with Crippen LogP contribution in [-0.2, 0) is 17.8 Å². The standard InChI is InChI=1S/C23H25N5O2/c1-16-21(17(2)28(26-16)19-7-6-8-20(13-19)30-3)10-11-23(29)24-14-18-15-27-12-5-4-9-22(27)25-18/h4-9,12-13,15H,10-11,14H2,1-3H3,(H,24,29). The molecule has 0 radical (unpaired) electrons. The molecule has 0 aliphatic heterocycles. The van der Waals surface area contributed by atoms with E-state index in [1.807, 2.05) is 77.8 Å². The first-order valence-corrected chi connectivity index (χ1v) is 9.94. The smallest absolute Gasteiger partial charge is 0.220 e. The first kappa shape index (κ1) is 19.7. The average molecular weight is 403 g/mol. The van der Waals surface area contributed by atoms with E-state index in [0.717, 1.165) is 39.7 Å². The van der Waals surface area contributed by atoms with Gasteiger partial charge in [-0.2, -0.15) is 5.10 Å². The van der Waals surface area contributed by atoms with Gasteiger partial charge in [-0.25, -0.2) is 9.67 Å². The Morgan fingerprint density at radius 1 is 1.17 bits per heavy atom. The SMILES string of the molecule is COc1cccc(-n2nc(C)c(CCC(=O)NCc3cn4ccccc4n3)c2C)c1. The molecule has 30 heavy (non-hydrogen) atoms. The Labute approximate surface area is 175 Å². The van der Waals surface area contributed by atoms with E-state index < -0.39 is 0 Å². The van der Waals surface area contributed by atoms with Gasteiger partial charge in [-0.3, -0.25) is 4.79 Å². The lowest BCUT2D eigenvalue weighted by Gasteiger charge is -2.08. The predicted molar refractivity (Wildman–Crippen MR) is 115 cm³/mol. The second kappa shape index (κ2) is 8.41. The maximum Gasteiger partial charge on any atom is 0.220 e. The van der Waals surface area contributed by atoms with E-state index in [4.69, 9.17) is 4.74 Å². The Hall–Kier alpha value is -3.61. The molecule has 0 saturated carbocycles. The summed E-state index contributed by atoms with van der Waals surface area (Å²) in [4.78, 5) is 16.9. The lowest BCUT2D eigenvalue weighted by Crippen LogP contribution is -2.23. The van der Waals surface area contributed by atoms with Crippen LogP contribution in [0.2, 0.25) is 0 Å². The highest BCUT2D eigenvalue weighted by molar-refractivity contribution is 5.76. The van der Waals surface area contributed by atoms with Gasteiger partial charge in [-0.15, -0.1) is 0 Å². The van der Waals surface area contributed by atoms with Crippen molar-refractivity contribution < 1.29 is 9.53 Å². The van der Waals surface area contributed by atoms with Gasteiger partial charge < -0.3 is 14.5 Å². The van der Waals surface area contributed by atoms with Crippen LogP contribution in [0.4, 0.5) is 0 Å². The fraction of sp³-hybridized carbons (Fsp3) is 0.261. The zero-order valence-electron chi connectivity index (χ0n) is 17.4. The monoisotopic (exact) mass is 403 g/mol. The Bertz CT molecular complexity index is 1160. The molecular weight excluding hydrogens is 378 g/mol. The topological polar surface area (TPSA) is 73.5 Å². The summed E-state index contributed by atoms with van der Waals surface area (Å²) in [5.41, 5.74) is 5.72. The molecule has 0 aliphatic rings. The summed E-state index contributed by atoms with van der Waals surface area (Å²) in [5.74, 6) is 0.785. The minimum Gasteiger partial charge on any atom is -0.497 e. The highest BCUT2D eigenvalue weighted by Crippen LogP contribution is 2.22. The largest absolute Gasteiger partial charge is 0.497 e. The molecular formula is C23H25N5O2. The van der Waals surface area contributed by atoms with Crippen LogP contribution in [0.3, 0.4) is 0 Å². The zero-order valence-corrected chi connectivity index (χ0v) is 17.4. The molecule has 1 N–H and O–H groups in total. The van der Waals surface area contributed by atoms with E-state index in [1.165, 1.54) is 0 Å². The average Bonchev–Trinajstić information content (AvgIpc) is 3.31. The molecule has 4 aromatic rings. The fourth-order valence-corrected chi connectivity index (χ4v) is 3.62. The highest BCUT2D eigenvalue weighted by atomic mass is 16.5.